The molecule has 1 unspecified atom stereocenters. The minimum absolute atomic E-state index is 0.00399. The first-order chi connectivity index (χ1) is 17.3. The molecule has 1 aromatic carbocycles. The molecular weight excluding hydrogens is 458 g/mol. The van der Waals surface area contributed by atoms with Crippen molar-refractivity contribution < 1.29 is 14.2 Å². The van der Waals surface area contributed by atoms with Crippen LogP contribution >= 0.6 is 0 Å². The lowest BCUT2D eigenvalue weighted by Gasteiger charge is -2.35. The van der Waals surface area contributed by atoms with E-state index in [0.717, 1.165) is 22.6 Å². The highest BCUT2D eigenvalue weighted by atomic mass is 16.5. The molecule has 188 valence electrons. The Bertz CT molecular complexity index is 1290. The fraction of sp³-hybridized carbons (Fsp3) is 0.308. The fourth-order valence-corrected chi connectivity index (χ4v) is 4.08. The van der Waals surface area contributed by atoms with Crippen LogP contribution in [0.2, 0.25) is 0 Å². The number of pyridine rings is 1. The maximum Gasteiger partial charge on any atom is 0.229 e. The van der Waals surface area contributed by atoms with Crippen LogP contribution < -0.4 is 29.3 Å². The molecule has 2 aromatic heterocycles. The van der Waals surface area contributed by atoms with Crippen LogP contribution in [0.1, 0.15) is 24.1 Å². The summed E-state index contributed by atoms with van der Waals surface area (Å²) in [6, 6.07) is 7.91. The number of ether oxygens (including phenoxy) is 3. The summed E-state index contributed by atoms with van der Waals surface area (Å²) >= 11 is 0. The van der Waals surface area contributed by atoms with Crippen molar-refractivity contribution in [1.82, 2.24) is 15.0 Å². The number of allylic oxidation sites excluding steroid dienone is 1. The summed E-state index contributed by atoms with van der Waals surface area (Å²) in [7, 11) is 7.15. The molecule has 4 rings (SSSR count). The number of nitrogens with one attached hydrogen (secondary N) is 1. The molecule has 0 fully saturated rings. The summed E-state index contributed by atoms with van der Waals surface area (Å²) in [6.45, 7) is 7.97. The Labute approximate surface area is 211 Å². The largest absolute Gasteiger partial charge is 0.497 e. The van der Waals surface area contributed by atoms with Crippen LogP contribution in [0.25, 0.3) is 0 Å². The van der Waals surface area contributed by atoms with E-state index < -0.39 is 0 Å². The van der Waals surface area contributed by atoms with Gasteiger partial charge in [-0.1, -0.05) is 6.07 Å². The normalized spacial score (nSPS) is 15.0. The van der Waals surface area contributed by atoms with Crippen molar-refractivity contribution in [3.05, 3.63) is 59.7 Å². The van der Waals surface area contributed by atoms with Gasteiger partial charge in [-0.25, -0.2) is 9.97 Å². The Morgan fingerprint density at radius 1 is 1.25 bits per heavy atom. The molecule has 0 saturated heterocycles. The molecule has 10 nitrogen and oxygen atoms in total. The topological polar surface area (TPSA) is 97.2 Å². The number of nitrogens with zero attached hydrogens (tertiary/aromatic N) is 6. The van der Waals surface area contributed by atoms with Gasteiger partial charge in [0.25, 0.3) is 0 Å². The van der Waals surface area contributed by atoms with Gasteiger partial charge in [0.1, 0.15) is 12.4 Å². The van der Waals surface area contributed by atoms with Gasteiger partial charge in [-0.15, -0.1) is 0 Å². The number of aryl methyl sites for hydroxylation is 1. The number of likely N-dealkylation sites (N-methyl/N-ethyl adjacent to an activating group) is 1. The smallest absolute Gasteiger partial charge is 0.229 e. The van der Waals surface area contributed by atoms with Crippen LogP contribution in [-0.2, 0) is 0 Å². The maximum atomic E-state index is 6.02. The second kappa shape index (κ2) is 10.5. The number of rotatable bonds is 8. The Morgan fingerprint density at radius 2 is 2.06 bits per heavy atom. The Hall–Kier alpha value is -4.34. The van der Waals surface area contributed by atoms with Gasteiger partial charge in [-0.2, -0.15) is 4.98 Å². The van der Waals surface area contributed by atoms with Crippen LogP contribution in [0.5, 0.6) is 17.2 Å². The van der Waals surface area contributed by atoms with Crippen molar-refractivity contribution in [2.75, 3.05) is 50.0 Å². The standard InChI is InChI=1S/C26H31N7O3/c1-16-10-19(34-6)8-9-20(16)21-15-36-23-13-29-26(31-25(23)33(21)5)30-18-11-22(35-7)24(28-12-18)32(4)14-17(2)27-3/h8-14,21H,3,15H2,1-2,4-7H3,(H,29,30,31). The molecule has 1 aliphatic rings. The number of benzene rings is 1. The summed E-state index contributed by atoms with van der Waals surface area (Å²) in [5, 5.41) is 3.22. The van der Waals surface area contributed by atoms with Crippen LogP contribution in [-0.4, -0.2) is 56.6 Å². The Balaban J connectivity index is 1.58. The van der Waals surface area contributed by atoms with Crippen LogP contribution in [0.4, 0.5) is 23.3 Å². The Kier molecular flexibility index (Phi) is 7.23. The first-order valence-electron chi connectivity index (χ1n) is 11.4. The predicted octanol–water partition coefficient (Wildman–Crippen LogP) is 4.51. The van der Waals surface area contributed by atoms with E-state index in [0.29, 0.717) is 41.4 Å². The average molecular weight is 490 g/mol. The highest BCUT2D eigenvalue weighted by Gasteiger charge is 2.29. The minimum atomic E-state index is 0.00399. The summed E-state index contributed by atoms with van der Waals surface area (Å²) in [5.74, 6) is 3.82. The van der Waals surface area contributed by atoms with Gasteiger partial charge in [0, 0.05) is 26.4 Å². The van der Waals surface area contributed by atoms with Crippen LogP contribution in [0, 0.1) is 6.92 Å². The molecule has 10 heteroatoms. The van der Waals surface area contributed by atoms with Crippen molar-refractivity contribution in [3.8, 4) is 17.2 Å². The lowest BCUT2D eigenvalue weighted by Crippen LogP contribution is -2.34. The lowest BCUT2D eigenvalue weighted by molar-refractivity contribution is 0.264. The number of hydrogen-bond donors (Lipinski definition) is 1. The summed E-state index contributed by atoms with van der Waals surface area (Å²) < 4.78 is 16.9. The van der Waals surface area contributed by atoms with Gasteiger partial charge in [0.15, 0.2) is 23.1 Å². The quantitative estimate of drug-likeness (QED) is 0.458. The number of anilines is 4. The molecule has 0 amide bonds. The van der Waals surface area contributed by atoms with E-state index in [2.05, 4.69) is 44.9 Å². The predicted molar refractivity (Wildman–Crippen MR) is 142 cm³/mol. The molecule has 3 heterocycles. The van der Waals surface area contributed by atoms with Gasteiger partial charge in [0.2, 0.25) is 5.95 Å². The highest BCUT2D eigenvalue weighted by Crippen LogP contribution is 2.39. The van der Waals surface area contributed by atoms with E-state index in [1.165, 1.54) is 0 Å². The van der Waals surface area contributed by atoms with Crippen molar-refractivity contribution in [2.24, 2.45) is 4.99 Å². The van der Waals surface area contributed by atoms with E-state index in [1.807, 2.05) is 50.3 Å². The van der Waals surface area contributed by atoms with Crippen molar-refractivity contribution in [3.63, 3.8) is 0 Å². The molecule has 3 aromatic rings. The van der Waals surface area contributed by atoms with Crippen molar-refractivity contribution in [1.29, 1.82) is 0 Å². The van der Waals surface area contributed by atoms with Crippen molar-refractivity contribution >= 4 is 30.0 Å². The SMILES string of the molecule is C=NC(C)=CN(C)c1ncc(Nc2ncc3c(n2)N(C)C(c2ccc(OC)cc2C)CO3)cc1OC. The second-order valence-corrected chi connectivity index (χ2v) is 8.46. The van der Waals surface area contributed by atoms with E-state index >= 15 is 0 Å². The summed E-state index contributed by atoms with van der Waals surface area (Å²) in [5.41, 5.74) is 3.73. The van der Waals surface area contributed by atoms with Gasteiger partial charge < -0.3 is 29.3 Å². The Morgan fingerprint density at radius 3 is 2.75 bits per heavy atom. The van der Waals surface area contributed by atoms with E-state index in [9.17, 15) is 0 Å². The van der Waals surface area contributed by atoms with Crippen LogP contribution in [0.3, 0.4) is 0 Å². The van der Waals surface area contributed by atoms with Gasteiger partial charge >= 0.3 is 0 Å². The molecule has 0 spiro atoms. The third-order valence-corrected chi connectivity index (χ3v) is 6.04. The zero-order valence-corrected chi connectivity index (χ0v) is 21.4. The van der Waals surface area contributed by atoms with Crippen molar-refractivity contribution in [2.45, 2.75) is 19.9 Å². The van der Waals surface area contributed by atoms with E-state index in [4.69, 9.17) is 19.2 Å². The molecule has 0 saturated carbocycles. The first kappa shape index (κ1) is 24.8. The number of methoxy groups -OCH3 is 2. The third-order valence-electron chi connectivity index (χ3n) is 6.04. The number of aromatic nitrogens is 3. The molecule has 0 aliphatic carbocycles. The molecule has 1 aliphatic heterocycles. The summed E-state index contributed by atoms with van der Waals surface area (Å²) in [4.78, 5) is 21.6. The summed E-state index contributed by atoms with van der Waals surface area (Å²) in [6.07, 6.45) is 5.21. The average Bonchev–Trinajstić information content (AvgIpc) is 2.89. The van der Waals surface area contributed by atoms with E-state index in [-0.39, 0.29) is 6.04 Å². The van der Waals surface area contributed by atoms with Crippen LogP contribution in [0.15, 0.2) is 53.5 Å². The number of hydrogen-bond acceptors (Lipinski definition) is 10. The molecular formula is C26H31N7O3. The first-order valence-corrected chi connectivity index (χ1v) is 11.4. The van der Waals surface area contributed by atoms with Gasteiger partial charge in [-0.3, -0.25) is 4.99 Å². The fourth-order valence-electron chi connectivity index (χ4n) is 4.08. The van der Waals surface area contributed by atoms with Gasteiger partial charge in [0.05, 0.1) is 44.0 Å². The number of fused-ring (bicyclic) bond motifs is 1. The molecule has 36 heavy (non-hydrogen) atoms. The zero-order chi connectivity index (χ0) is 25.8. The lowest BCUT2D eigenvalue weighted by atomic mass is 9.99. The monoisotopic (exact) mass is 489 g/mol. The molecule has 1 N–H and O–H groups in total. The third kappa shape index (κ3) is 5.02. The molecule has 0 radical (unpaired) electrons. The van der Waals surface area contributed by atoms with E-state index in [1.54, 1.807) is 26.6 Å². The highest BCUT2D eigenvalue weighted by molar-refractivity contribution is 5.65. The second-order valence-electron chi connectivity index (χ2n) is 8.46. The minimum Gasteiger partial charge on any atom is -0.497 e. The molecule has 0 bridgehead atoms. The number of aliphatic imine (C=N–C) groups is 1. The maximum absolute atomic E-state index is 6.02. The van der Waals surface area contributed by atoms with Gasteiger partial charge in [-0.05, 0) is 43.8 Å². The molecule has 1 atom stereocenters. The zero-order valence-electron chi connectivity index (χ0n) is 21.4.